The zero-order valence-electron chi connectivity index (χ0n) is 19.2. The van der Waals surface area contributed by atoms with Crippen LogP contribution in [0.1, 0.15) is 58.8 Å². The summed E-state index contributed by atoms with van der Waals surface area (Å²) in [7, 11) is 0. The molecule has 2 atom stereocenters. The molecule has 3 aliphatic carbocycles. The molecule has 34 heavy (non-hydrogen) atoms. The molecule has 1 aliphatic heterocycles. The minimum Gasteiger partial charge on any atom is -0.462 e. The molecule has 3 aromatic rings. The molecule has 2 bridgehead atoms. The predicted molar refractivity (Wildman–Crippen MR) is 128 cm³/mol. The first-order valence-corrected chi connectivity index (χ1v) is 11.9. The average Bonchev–Trinajstić information content (AvgIpc) is 3.14. The van der Waals surface area contributed by atoms with Crippen LogP contribution in [0.15, 0.2) is 72.8 Å². The number of para-hydroxylation sites is 1. The van der Waals surface area contributed by atoms with Crippen LogP contribution < -0.4 is 4.90 Å². The van der Waals surface area contributed by atoms with Gasteiger partial charge in [-0.05, 0) is 47.7 Å². The second-order valence-corrected chi connectivity index (χ2v) is 9.23. The van der Waals surface area contributed by atoms with E-state index in [-0.39, 0.29) is 29.9 Å². The number of anilines is 1. The van der Waals surface area contributed by atoms with Gasteiger partial charge in [-0.2, -0.15) is 0 Å². The van der Waals surface area contributed by atoms with Gasteiger partial charge in [-0.3, -0.25) is 9.59 Å². The number of ether oxygens (including phenoxy) is 1. The van der Waals surface area contributed by atoms with Crippen LogP contribution in [0.5, 0.6) is 0 Å². The topological polar surface area (TPSA) is 63.7 Å². The van der Waals surface area contributed by atoms with Crippen LogP contribution in [0.2, 0.25) is 0 Å². The van der Waals surface area contributed by atoms with E-state index in [0.29, 0.717) is 12.1 Å². The van der Waals surface area contributed by atoms with Gasteiger partial charge in [0.25, 0.3) is 0 Å². The second kappa shape index (κ2) is 7.39. The maximum Gasteiger partial charge on any atom is 0.340 e. The number of esters is 1. The highest BCUT2D eigenvalue weighted by Crippen LogP contribution is 2.65. The lowest BCUT2D eigenvalue weighted by Gasteiger charge is -2.54. The number of imide groups is 1. The van der Waals surface area contributed by atoms with Crippen LogP contribution in [0.25, 0.3) is 0 Å². The van der Waals surface area contributed by atoms with Crippen molar-refractivity contribution in [2.75, 3.05) is 11.5 Å². The highest BCUT2D eigenvalue weighted by Gasteiger charge is 2.67. The maximum atomic E-state index is 14.2. The Morgan fingerprint density at radius 2 is 1.44 bits per heavy atom. The Labute approximate surface area is 198 Å². The minimum atomic E-state index is -0.590. The van der Waals surface area contributed by atoms with Crippen molar-refractivity contribution in [1.82, 2.24) is 0 Å². The highest BCUT2D eigenvalue weighted by atomic mass is 16.5. The fraction of sp³-hybridized carbons (Fsp3) is 0.276. The summed E-state index contributed by atoms with van der Waals surface area (Å²) < 4.78 is 5.23. The van der Waals surface area contributed by atoms with Gasteiger partial charge in [-0.1, -0.05) is 67.6 Å². The molecule has 0 saturated carbocycles. The van der Waals surface area contributed by atoms with Gasteiger partial charge in [0, 0.05) is 11.3 Å². The van der Waals surface area contributed by atoms with Gasteiger partial charge in [-0.15, -0.1) is 0 Å². The van der Waals surface area contributed by atoms with Gasteiger partial charge in [0.05, 0.1) is 29.7 Å². The molecule has 0 radical (unpaired) electrons. The van der Waals surface area contributed by atoms with Crippen molar-refractivity contribution in [3.63, 3.8) is 0 Å². The van der Waals surface area contributed by atoms with Crippen LogP contribution in [0.4, 0.5) is 5.69 Å². The molecule has 1 saturated heterocycles. The summed E-state index contributed by atoms with van der Waals surface area (Å²) in [6, 6.07) is 23.2. The number of benzene rings is 3. The van der Waals surface area contributed by atoms with E-state index in [1.165, 1.54) is 4.90 Å². The van der Waals surface area contributed by atoms with Crippen LogP contribution in [0, 0.1) is 11.8 Å². The number of amides is 2. The summed E-state index contributed by atoms with van der Waals surface area (Å²) in [6.07, 6.45) is 0.696. The Morgan fingerprint density at radius 3 is 2.06 bits per heavy atom. The summed E-state index contributed by atoms with van der Waals surface area (Å²) >= 11 is 0. The molecule has 1 fully saturated rings. The Kier molecular flexibility index (Phi) is 4.53. The van der Waals surface area contributed by atoms with Gasteiger partial charge in [-0.25, -0.2) is 9.69 Å². The van der Waals surface area contributed by atoms with Crippen molar-refractivity contribution in [2.45, 2.75) is 31.6 Å². The lowest BCUT2D eigenvalue weighted by atomic mass is 9.46. The summed E-state index contributed by atoms with van der Waals surface area (Å²) in [5.74, 6) is -2.22. The number of rotatable bonds is 4. The van der Waals surface area contributed by atoms with E-state index in [2.05, 4.69) is 31.2 Å². The monoisotopic (exact) mass is 451 g/mol. The minimum absolute atomic E-state index is 0.193. The third kappa shape index (κ3) is 2.42. The fourth-order valence-corrected chi connectivity index (χ4v) is 6.82. The predicted octanol–water partition coefficient (Wildman–Crippen LogP) is 4.82. The lowest BCUT2D eigenvalue weighted by Crippen LogP contribution is -2.53. The molecular weight excluding hydrogens is 426 g/mol. The maximum absolute atomic E-state index is 14.2. The molecule has 2 unspecified atom stereocenters. The number of hydrogen-bond acceptors (Lipinski definition) is 4. The number of nitrogens with zero attached hydrogens (tertiary/aromatic N) is 1. The van der Waals surface area contributed by atoms with E-state index in [9.17, 15) is 14.4 Å². The van der Waals surface area contributed by atoms with Crippen molar-refractivity contribution in [1.29, 1.82) is 0 Å². The normalized spacial score (nSPS) is 26.2. The van der Waals surface area contributed by atoms with Crippen molar-refractivity contribution in [3.8, 4) is 0 Å². The van der Waals surface area contributed by atoms with Crippen LogP contribution >= 0.6 is 0 Å². The number of hydrogen-bond donors (Lipinski definition) is 0. The SMILES string of the molecule is CCOC(=O)c1ccccc1N1C(=O)C2C3c4ccccc4C(CC)(c4ccccc43)C2C1=O. The lowest BCUT2D eigenvalue weighted by molar-refractivity contribution is -0.123. The first-order chi connectivity index (χ1) is 16.6. The third-order valence-corrected chi connectivity index (χ3v) is 7.99. The molecule has 170 valence electrons. The summed E-state index contributed by atoms with van der Waals surface area (Å²) in [5, 5.41) is 0. The van der Waals surface area contributed by atoms with Crippen molar-refractivity contribution in [2.24, 2.45) is 11.8 Å². The molecule has 0 N–H and O–H groups in total. The Morgan fingerprint density at radius 1 is 0.853 bits per heavy atom. The third-order valence-electron chi connectivity index (χ3n) is 7.99. The summed E-state index contributed by atoms with van der Waals surface area (Å²) in [4.78, 5) is 42.3. The van der Waals surface area contributed by atoms with Gasteiger partial charge in [0.15, 0.2) is 0 Å². The molecule has 1 heterocycles. The van der Waals surface area contributed by atoms with Gasteiger partial charge in [0.1, 0.15) is 0 Å². The second-order valence-electron chi connectivity index (χ2n) is 9.23. The van der Waals surface area contributed by atoms with E-state index < -0.39 is 23.2 Å². The van der Waals surface area contributed by atoms with E-state index >= 15 is 0 Å². The summed E-state index contributed by atoms with van der Waals surface area (Å²) in [5.41, 5.74) is 4.50. The van der Waals surface area contributed by atoms with Crippen LogP contribution in [-0.2, 0) is 19.7 Å². The van der Waals surface area contributed by atoms with E-state index in [4.69, 9.17) is 4.74 Å². The fourth-order valence-electron chi connectivity index (χ4n) is 6.82. The zero-order chi connectivity index (χ0) is 23.6. The zero-order valence-corrected chi connectivity index (χ0v) is 19.2. The first kappa shape index (κ1) is 20.8. The molecule has 7 rings (SSSR count). The van der Waals surface area contributed by atoms with Gasteiger partial charge >= 0.3 is 5.97 Å². The highest BCUT2D eigenvalue weighted by molar-refractivity contribution is 6.25. The van der Waals surface area contributed by atoms with E-state index in [1.54, 1.807) is 31.2 Å². The molecule has 0 aromatic heterocycles. The number of carbonyl (C=O) groups excluding carboxylic acids is 3. The number of carbonyl (C=O) groups is 3. The Hall–Kier alpha value is -3.73. The first-order valence-electron chi connectivity index (χ1n) is 11.9. The molecule has 0 spiro atoms. The molecular formula is C29H25NO4. The summed E-state index contributed by atoms with van der Waals surface area (Å²) in [6.45, 7) is 4.05. The largest absolute Gasteiger partial charge is 0.462 e. The average molecular weight is 452 g/mol. The van der Waals surface area contributed by atoms with E-state index in [1.807, 2.05) is 24.3 Å². The molecule has 5 nitrogen and oxygen atoms in total. The van der Waals surface area contributed by atoms with Crippen molar-refractivity contribution >= 4 is 23.5 Å². The van der Waals surface area contributed by atoms with Gasteiger partial charge < -0.3 is 4.74 Å². The van der Waals surface area contributed by atoms with Crippen LogP contribution in [-0.4, -0.2) is 24.4 Å². The van der Waals surface area contributed by atoms with Crippen molar-refractivity contribution < 1.29 is 19.1 Å². The molecule has 5 heteroatoms. The molecule has 3 aromatic carbocycles. The quantitative estimate of drug-likeness (QED) is 0.421. The molecule has 2 amide bonds. The Balaban J connectivity index is 1.59. The van der Waals surface area contributed by atoms with Crippen LogP contribution in [0.3, 0.4) is 0 Å². The standard InChI is InChI=1S/C29H25NO4/c1-3-29-20-14-8-5-11-17(20)23(18-12-6-9-15-21(18)29)24-25(29)27(32)30(26(24)31)22-16-10-7-13-19(22)28(33)34-4-2/h5-16,23-25H,3-4H2,1-2H3. The Bertz CT molecular complexity index is 1310. The smallest absolute Gasteiger partial charge is 0.340 e. The molecule has 4 aliphatic rings. The van der Waals surface area contributed by atoms with E-state index in [0.717, 1.165) is 22.3 Å². The van der Waals surface area contributed by atoms with Gasteiger partial charge in [0.2, 0.25) is 11.8 Å². The van der Waals surface area contributed by atoms with Crippen molar-refractivity contribution in [3.05, 3.63) is 101 Å².